The third-order valence-electron chi connectivity index (χ3n) is 2.23. The van der Waals surface area contributed by atoms with Crippen molar-refractivity contribution in [3.8, 4) is 0 Å². The standard InChI is InChI=1S/C12H18Br2N2OS/c1-8(2)7-17-4-3-16-10(6-15)11-5-9(13)12(14)18-11/h5,10,16H,1,3-4,6-7,15H2,2H3. The maximum atomic E-state index is 5.79. The average Bonchev–Trinajstić information content (AvgIpc) is 2.63. The van der Waals surface area contributed by atoms with Gasteiger partial charge in [0, 0.05) is 22.4 Å². The number of hydrogen-bond donors (Lipinski definition) is 2. The first-order chi connectivity index (χ1) is 8.54. The van der Waals surface area contributed by atoms with Gasteiger partial charge in [-0.25, -0.2) is 0 Å². The predicted octanol–water partition coefficient (Wildman–Crippen LogP) is 3.46. The number of ether oxygens (including phenoxy) is 1. The second-order valence-electron chi connectivity index (χ2n) is 4.02. The fourth-order valence-electron chi connectivity index (χ4n) is 1.39. The fraction of sp³-hybridized carbons (Fsp3) is 0.500. The van der Waals surface area contributed by atoms with Gasteiger partial charge in [0.15, 0.2) is 0 Å². The molecule has 0 spiro atoms. The summed E-state index contributed by atoms with van der Waals surface area (Å²) in [6.45, 7) is 8.37. The minimum absolute atomic E-state index is 0.172. The summed E-state index contributed by atoms with van der Waals surface area (Å²) in [4.78, 5) is 1.22. The molecule has 0 bridgehead atoms. The van der Waals surface area contributed by atoms with Gasteiger partial charge in [0.2, 0.25) is 0 Å². The number of halogens is 2. The second kappa shape index (κ2) is 8.45. The Morgan fingerprint density at radius 3 is 2.83 bits per heavy atom. The lowest BCUT2D eigenvalue weighted by atomic mass is 10.2. The minimum Gasteiger partial charge on any atom is -0.376 e. The van der Waals surface area contributed by atoms with Gasteiger partial charge in [-0.15, -0.1) is 11.3 Å². The third-order valence-corrected chi connectivity index (χ3v) is 5.60. The molecule has 1 unspecified atom stereocenters. The van der Waals surface area contributed by atoms with Gasteiger partial charge < -0.3 is 15.8 Å². The van der Waals surface area contributed by atoms with E-state index in [1.807, 2.05) is 6.92 Å². The highest BCUT2D eigenvalue weighted by Gasteiger charge is 2.13. The van der Waals surface area contributed by atoms with Gasteiger partial charge in [-0.1, -0.05) is 12.2 Å². The molecule has 1 aromatic rings. The Balaban J connectivity index is 2.36. The Morgan fingerprint density at radius 2 is 2.33 bits per heavy atom. The van der Waals surface area contributed by atoms with Crippen LogP contribution in [0.25, 0.3) is 0 Å². The number of nitrogens with two attached hydrogens (primary N) is 1. The van der Waals surface area contributed by atoms with Crippen LogP contribution in [0.5, 0.6) is 0 Å². The molecular formula is C12H18Br2N2OS. The van der Waals surface area contributed by atoms with Crippen molar-refractivity contribution >= 4 is 43.2 Å². The molecule has 1 atom stereocenters. The van der Waals surface area contributed by atoms with E-state index in [2.05, 4.69) is 49.8 Å². The summed E-state index contributed by atoms with van der Waals surface area (Å²) in [5.74, 6) is 0. The molecule has 0 aromatic carbocycles. The Labute approximate surface area is 129 Å². The van der Waals surface area contributed by atoms with Crippen LogP contribution in [-0.2, 0) is 4.74 Å². The molecule has 3 nitrogen and oxygen atoms in total. The van der Waals surface area contributed by atoms with Crippen LogP contribution in [-0.4, -0.2) is 26.3 Å². The summed E-state index contributed by atoms with van der Waals surface area (Å²) in [5, 5.41) is 3.39. The van der Waals surface area contributed by atoms with E-state index in [1.165, 1.54) is 4.88 Å². The Kier molecular flexibility index (Phi) is 7.67. The van der Waals surface area contributed by atoms with Crippen LogP contribution in [0.1, 0.15) is 17.8 Å². The van der Waals surface area contributed by atoms with E-state index in [0.717, 1.165) is 20.4 Å². The lowest BCUT2D eigenvalue weighted by Gasteiger charge is -2.15. The van der Waals surface area contributed by atoms with Gasteiger partial charge in [-0.3, -0.25) is 0 Å². The van der Waals surface area contributed by atoms with Crippen molar-refractivity contribution in [2.24, 2.45) is 5.73 Å². The SMILES string of the molecule is C=C(C)COCCNC(CN)c1cc(Br)c(Br)s1. The highest BCUT2D eigenvalue weighted by molar-refractivity contribution is 9.13. The van der Waals surface area contributed by atoms with E-state index in [4.69, 9.17) is 10.5 Å². The van der Waals surface area contributed by atoms with Crippen molar-refractivity contribution in [2.75, 3.05) is 26.3 Å². The van der Waals surface area contributed by atoms with Crippen molar-refractivity contribution in [1.82, 2.24) is 5.32 Å². The lowest BCUT2D eigenvalue weighted by Crippen LogP contribution is -2.30. The first-order valence-corrected chi connectivity index (χ1v) is 8.05. The van der Waals surface area contributed by atoms with Gasteiger partial charge >= 0.3 is 0 Å². The highest BCUT2D eigenvalue weighted by atomic mass is 79.9. The van der Waals surface area contributed by atoms with E-state index in [9.17, 15) is 0 Å². The van der Waals surface area contributed by atoms with Crippen LogP contribution in [0.4, 0.5) is 0 Å². The lowest BCUT2D eigenvalue weighted by molar-refractivity contribution is 0.155. The molecule has 0 aliphatic rings. The Bertz CT molecular complexity index is 376. The first-order valence-electron chi connectivity index (χ1n) is 5.65. The van der Waals surface area contributed by atoms with Gasteiger partial charge in [-0.2, -0.15) is 0 Å². The van der Waals surface area contributed by atoms with E-state index in [-0.39, 0.29) is 6.04 Å². The van der Waals surface area contributed by atoms with E-state index < -0.39 is 0 Å². The average molecular weight is 398 g/mol. The van der Waals surface area contributed by atoms with Crippen molar-refractivity contribution in [3.05, 3.63) is 31.4 Å². The summed E-state index contributed by atoms with van der Waals surface area (Å²) < 4.78 is 7.60. The summed E-state index contributed by atoms with van der Waals surface area (Å²) in [6, 6.07) is 2.26. The molecular weight excluding hydrogens is 380 g/mol. The summed E-state index contributed by atoms with van der Waals surface area (Å²) in [5.41, 5.74) is 6.82. The predicted molar refractivity (Wildman–Crippen MR) is 85.2 cm³/mol. The maximum Gasteiger partial charge on any atom is 0.0843 e. The van der Waals surface area contributed by atoms with Crippen LogP contribution in [0.15, 0.2) is 26.5 Å². The molecule has 0 aliphatic carbocycles. The molecule has 1 rings (SSSR count). The van der Waals surface area contributed by atoms with Crippen LogP contribution in [0.2, 0.25) is 0 Å². The third kappa shape index (κ3) is 5.50. The maximum absolute atomic E-state index is 5.79. The van der Waals surface area contributed by atoms with Gasteiger partial charge in [0.05, 0.1) is 23.0 Å². The molecule has 1 aromatic heterocycles. The van der Waals surface area contributed by atoms with Crippen molar-refractivity contribution < 1.29 is 4.74 Å². The zero-order valence-electron chi connectivity index (χ0n) is 10.3. The zero-order chi connectivity index (χ0) is 13.5. The normalized spacial score (nSPS) is 12.7. The smallest absolute Gasteiger partial charge is 0.0843 e. The molecule has 6 heteroatoms. The number of rotatable bonds is 8. The Hall–Kier alpha value is 0.280. The van der Waals surface area contributed by atoms with Crippen molar-refractivity contribution in [1.29, 1.82) is 0 Å². The van der Waals surface area contributed by atoms with Gasteiger partial charge in [-0.05, 0) is 44.8 Å². The van der Waals surface area contributed by atoms with Crippen LogP contribution in [0.3, 0.4) is 0 Å². The largest absolute Gasteiger partial charge is 0.376 e. The molecule has 0 fully saturated rings. The van der Waals surface area contributed by atoms with E-state index in [1.54, 1.807) is 11.3 Å². The number of nitrogens with one attached hydrogen (secondary N) is 1. The van der Waals surface area contributed by atoms with Crippen LogP contribution >= 0.6 is 43.2 Å². The number of thiophene rings is 1. The Morgan fingerprint density at radius 1 is 1.61 bits per heavy atom. The topological polar surface area (TPSA) is 47.3 Å². The van der Waals surface area contributed by atoms with Crippen LogP contribution < -0.4 is 11.1 Å². The molecule has 18 heavy (non-hydrogen) atoms. The van der Waals surface area contributed by atoms with E-state index in [0.29, 0.717) is 19.8 Å². The summed E-state index contributed by atoms with van der Waals surface area (Å²) in [6.07, 6.45) is 0. The first kappa shape index (κ1) is 16.3. The zero-order valence-corrected chi connectivity index (χ0v) is 14.3. The van der Waals surface area contributed by atoms with Crippen LogP contribution in [0, 0.1) is 0 Å². The summed E-state index contributed by atoms with van der Waals surface area (Å²) >= 11 is 8.66. The molecule has 0 saturated carbocycles. The molecule has 0 radical (unpaired) electrons. The molecule has 3 N–H and O–H groups in total. The van der Waals surface area contributed by atoms with Crippen molar-refractivity contribution in [3.63, 3.8) is 0 Å². The number of hydrogen-bond acceptors (Lipinski definition) is 4. The second-order valence-corrected chi connectivity index (χ2v) is 7.28. The van der Waals surface area contributed by atoms with Gasteiger partial charge in [0.25, 0.3) is 0 Å². The highest BCUT2D eigenvalue weighted by Crippen LogP contribution is 2.35. The molecule has 0 saturated heterocycles. The molecule has 1 heterocycles. The summed E-state index contributed by atoms with van der Waals surface area (Å²) in [7, 11) is 0. The van der Waals surface area contributed by atoms with Crippen molar-refractivity contribution in [2.45, 2.75) is 13.0 Å². The quantitative estimate of drug-likeness (QED) is 0.521. The minimum atomic E-state index is 0.172. The monoisotopic (exact) mass is 396 g/mol. The fourth-order valence-corrected chi connectivity index (χ4v) is 3.56. The van der Waals surface area contributed by atoms with Gasteiger partial charge in [0.1, 0.15) is 0 Å². The van der Waals surface area contributed by atoms with E-state index >= 15 is 0 Å². The molecule has 0 amide bonds. The molecule has 0 aliphatic heterocycles. The molecule has 102 valence electrons.